The number of hydrogen-bond acceptors (Lipinski definition) is 8. The Bertz CT molecular complexity index is 1740. The van der Waals surface area contributed by atoms with Crippen LogP contribution in [0.15, 0.2) is 36.0 Å². The summed E-state index contributed by atoms with van der Waals surface area (Å²) in [6.07, 6.45) is 8.32. The van der Waals surface area contributed by atoms with Gasteiger partial charge in [-0.05, 0) is 116 Å². The molecule has 2 amide bonds. The standard InChI is InChI=1S/C37H45FN4O6S/c1-4-30(44)48-37(34(47)49-20-38)13-12-26-25-11-10-23-16-28-22(17-35(23,2)31(25)29(43)18-36(26,37)3)19-40-42(28)24-8-5-7-21(15-24)33(46)41-14-6-9-27(41)32(39)45/h5,7-8,15-16,19,25-27,29,31,43H,4,6,9-14,17-18,20H2,1-3H3,(H2,39,45). The summed E-state index contributed by atoms with van der Waals surface area (Å²) < 4.78 is 21.4. The second-order valence-electron chi connectivity index (χ2n) is 15.1. The molecule has 8 atom stereocenters. The van der Waals surface area contributed by atoms with Crippen molar-refractivity contribution in [2.24, 2.45) is 34.3 Å². The van der Waals surface area contributed by atoms with Gasteiger partial charge in [0.1, 0.15) is 12.0 Å². The molecule has 1 aromatic heterocycles. The molecule has 1 saturated heterocycles. The number of aliphatic hydroxyl groups excluding tert-OH is 1. The molecule has 1 aliphatic heterocycles. The number of benzene rings is 1. The van der Waals surface area contributed by atoms with Crippen LogP contribution in [0, 0.1) is 28.6 Å². The maximum Gasteiger partial charge on any atom is 0.306 e. The molecule has 8 unspecified atom stereocenters. The maximum absolute atomic E-state index is 13.6. The normalized spacial score (nSPS) is 34.7. The van der Waals surface area contributed by atoms with Crippen LogP contribution in [0.5, 0.6) is 0 Å². The summed E-state index contributed by atoms with van der Waals surface area (Å²) >= 11 is 0.562. The highest BCUT2D eigenvalue weighted by Crippen LogP contribution is 2.69. The first-order chi connectivity index (χ1) is 23.4. The van der Waals surface area contributed by atoms with E-state index in [9.17, 15) is 28.7 Å². The molecule has 4 fully saturated rings. The largest absolute Gasteiger partial charge is 0.449 e. The van der Waals surface area contributed by atoms with E-state index in [1.807, 2.05) is 29.9 Å². The van der Waals surface area contributed by atoms with E-state index in [2.05, 4.69) is 13.0 Å². The first-order valence-corrected chi connectivity index (χ1v) is 18.5. The summed E-state index contributed by atoms with van der Waals surface area (Å²) in [4.78, 5) is 53.2. The fourth-order valence-corrected chi connectivity index (χ4v) is 11.3. The van der Waals surface area contributed by atoms with Crippen LogP contribution in [0.25, 0.3) is 11.8 Å². The number of ether oxygens (including phenoxy) is 1. The molecule has 0 radical (unpaired) electrons. The molecule has 3 N–H and O–H groups in total. The van der Waals surface area contributed by atoms with Crippen LogP contribution >= 0.6 is 11.8 Å². The Morgan fingerprint density at radius 2 is 1.98 bits per heavy atom. The number of fused-ring (bicyclic) bond motifs is 6. The van der Waals surface area contributed by atoms with Crippen molar-refractivity contribution in [2.45, 2.75) is 96.3 Å². The van der Waals surface area contributed by atoms with Gasteiger partial charge in [0.2, 0.25) is 11.0 Å². The zero-order valence-corrected chi connectivity index (χ0v) is 29.1. The van der Waals surface area contributed by atoms with Crippen LogP contribution in [0.3, 0.4) is 0 Å². The van der Waals surface area contributed by atoms with Gasteiger partial charge in [-0.15, -0.1) is 0 Å². The summed E-state index contributed by atoms with van der Waals surface area (Å²) in [5.41, 5.74) is 7.39. The van der Waals surface area contributed by atoms with Gasteiger partial charge in [0, 0.05) is 23.9 Å². The predicted octanol–water partition coefficient (Wildman–Crippen LogP) is 4.99. The minimum atomic E-state index is -1.46. The molecule has 10 nitrogen and oxygen atoms in total. The number of alkyl halides is 1. The van der Waals surface area contributed by atoms with E-state index in [0.29, 0.717) is 49.6 Å². The van der Waals surface area contributed by atoms with Gasteiger partial charge in [0.05, 0.1) is 23.7 Å². The lowest BCUT2D eigenvalue weighted by Crippen LogP contribution is -2.62. The Morgan fingerprint density at radius 1 is 1.18 bits per heavy atom. The van der Waals surface area contributed by atoms with E-state index in [1.54, 1.807) is 24.0 Å². The summed E-state index contributed by atoms with van der Waals surface area (Å²) in [5, 5.41) is 16.4. The summed E-state index contributed by atoms with van der Waals surface area (Å²) in [6.45, 7) is 6.38. The average Bonchev–Trinajstić information content (AvgIpc) is 3.79. The van der Waals surface area contributed by atoms with Gasteiger partial charge in [-0.3, -0.25) is 19.2 Å². The molecular formula is C37H45FN4O6S. The molecule has 2 aromatic rings. The van der Waals surface area contributed by atoms with Crippen molar-refractivity contribution in [3.05, 3.63) is 52.9 Å². The number of amides is 2. The van der Waals surface area contributed by atoms with Crippen LogP contribution in [0.4, 0.5) is 4.39 Å². The summed E-state index contributed by atoms with van der Waals surface area (Å²) in [7, 11) is 0. The summed E-state index contributed by atoms with van der Waals surface area (Å²) in [5.74, 6) is -1.15. The van der Waals surface area contributed by atoms with Gasteiger partial charge < -0.3 is 20.5 Å². The number of carbonyl (C=O) groups excluding carboxylic acids is 4. The predicted molar refractivity (Wildman–Crippen MR) is 182 cm³/mol. The molecule has 4 aliphatic carbocycles. The fraction of sp³-hybridized carbons (Fsp3) is 0.595. The van der Waals surface area contributed by atoms with E-state index in [-0.39, 0.29) is 41.9 Å². The first-order valence-electron chi connectivity index (χ1n) is 17.5. The van der Waals surface area contributed by atoms with E-state index in [1.165, 1.54) is 5.57 Å². The van der Waals surface area contributed by atoms with Crippen molar-refractivity contribution in [3.8, 4) is 5.69 Å². The number of nitrogens with two attached hydrogens (primary N) is 1. The zero-order chi connectivity index (χ0) is 34.9. The van der Waals surface area contributed by atoms with Gasteiger partial charge in [0.15, 0.2) is 5.60 Å². The number of rotatable bonds is 7. The van der Waals surface area contributed by atoms with Crippen molar-refractivity contribution < 1.29 is 33.4 Å². The number of nitrogens with zero attached hydrogens (tertiary/aromatic N) is 3. The average molecular weight is 693 g/mol. The quantitative estimate of drug-likeness (QED) is 0.386. The van der Waals surface area contributed by atoms with E-state index >= 15 is 0 Å². The minimum Gasteiger partial charge on any atom is -0.449 e. The number of carbonyl (C=O) groups is 4. The zero-order valence-electron chi connectivity index (χ0n) is 28.3. The molecule has 5 aliphatic rings. The van der Waals surface area contributed by atoms with Gasteiger partial charge in [-0.2, -0.15) is 5.10 Å². The SMILES string of the molecule is CCC(=O)OC1(C(=O)SCF)CCC2C3CCC4=Cc5c(cnn5-c5cccc(C(=O)N6CCCC6C(N)=O)c5)CC4(C)C3C(O)CC21C. The van der Waals surface area contributed by atoms with Crippen molar-refractivity contribution in [1.82, 2.24) is 14.7 Å². The molecule has 2 heterocycles. The molecule has 1 aromatic carbocycles. The topological polar surface area (TPSA) is 145 Å². The molecular weight excluding hydrogens is 647 g/mol. The lowest BCUT2D eigenvalue weighted by atomic mass is 9.45. The second-order valence-corrected chi connectivity index (χ2v) is 16.0. The highest BCUT2D eigenvalue weighted by Gasteiger charge is 2.70. The highest BCUT2D eigenvalue weighted by molar-refractivity contribution is 8.13. The lowest BCUT2D eigenvalue weighted by molar-refractivity contribution is -0.196. The van der Waals surface area contributed by atoms with Crippen LogP contribution in [0.1, 0.15) is 93.8 Å². The molecule has 7 rings (SSSR count). The Kier molecular flexibility index (Phi) is 8.57. The number of aliphatic hydroxyl groups is 1. The van der Waals surface area contributed by atoms with Crippen LogP contribution < -0.4 is 5.73 Å². The second kappa shape index (κ2) is 12.4. The number of likely N-dealkylation sites (tertiary alicyclic amines) is 1. The molecule has 12 heteroatoms. The highest BCUT2D eigenvalue weighted by atomic mass is 32.2. The molecule has 0 bridgehead atoms. The first kappa shape index (κ1) is 34.0. The monoisotopic (exact) mass is 692 g/mol. The van der Waals surface area contributed by atoms with Crippen LogP contribution in [-0.2, 0) is 25.5 Å². The van der Waals surface area contributed by atoms with Crippen molar-refractivity contribution in [2.75, 3.05) is 12.6 Å². The van der Waals surface area contributed by atoms with Crippen molar-refractivity contribution in [3.63, 3.8) is 0 Å². The molecule has 49 heavy (non-hydrogen) atoms. The third-order valence-electron chi connectivity index (χ3n) is 12.8. The Morgan fingerprint density at radius 3 is 2.71 bits per heavy atom. The fourth-order valence-electron chi connectivity index (χ4n) is 10.6. The molecule has 0 spiro atoms. The number of thioether (sulfide) groups is 1. The van der Waals surface area contributed by atoms with Crippen molar-refractivity contribution >= 4 is 40.7 Å². The van der Waals surface area contributed by atoms with Gasteiger partial charge in [0.25, 0.3) is 5.91 Å². The van der Waals surface area contributed by atoms with Gasteiger partial charge >= 0.3 is 5.97 Å². The summed E-state index contributed by atoms with van der Waals surface area (Å²) in [6, 6.07) is 5.80. The van der Waals surface area contributed by atoms with E-state index < -0.39 is 46.2 Å². The van der Waals surface area contributed by atoms with Gasteiger partial charge in [-0.25, -0.2) is 9.07 Å². The number of aromatic nitrogens is 2. The van der Waals surface area contributed by atoms with E-state index in [4.69, 9.17) is 15.6 Å². The number of primary amides is 1. The third kappa shape index (κ3) is 5.10. The number of allylic oxidation sites excluding steroid dienone is 1. The Balaban J connectivity index is 1.18. The number of esters is 1. The number of halogens is 1. The van der Waals surface area contributed by atoms with Crippen molar-refractivity contribution in [1.29, 1.82) is 0 Å². The Labute approximate surface area is 290 Å². The number of hydrogen-bond donors (Lipinski definition) is 2. The molecule has 3 saturated carbocycles. The minimum absolute atomic E-state index is 0.0299. The third-order valence-corrected chi connectivity index (χ3v) is 13.5. The van der Waals surface area contributed by atoms with Crippen LogP contribution in [-0.4, -0.2) is 73.0 Å². The molecule has 262 valence electrons. The Hall–Kier alpha value is -3.51. The maximum atomic E-state index is 13.6. The van der Waals surface area contributed by atoms with Crippen LogP contribution in [0.2, 0.25) is 0 Å². The lowest BCUT2D eigenvalue weighted by Gasteiger charge is -2.60. The van der Waals surface area contributed by atoms with Gasteiger partial charge in [-0.1, -0.05) is 32.4 Å². The van der Waals surface area contributed by atoms with E-state index in [0.717, 1.165) is 36.2 Å². The smallest absolute Gasteiger partial charge is 0.306 e.